The van der Waals surface area contributed by atoms with Crippen LogP contribution >= 0.6 is 24.0 Å². The fourth-order valence-corrected chi connectivity index (χ4v) is 3.85. The number of ether oxygens (including phenoxy) is 1. The van der Waals surface area contributed by atoms with Gasteiger partial charge in [0.2, 0.25) is 0 Å². The molecule has 6 nitrogen and oxygen atoms in total. The average Bonchev–Trinajstić information content (AvgIpc) is 2.89. The predicted molar refractivity (Wildman–Crippen MR) is 104 cm³/mol. The Morgan fingerprint density at radius 2 is 2.00 bits per heavy atom. The van der Waals surface area contributed by atoms with Crippen LogP contribution in [0.3, 0.4) is 0 Å². The maximum absolute atomic E-state index is 12.7. The summed E-state index contributed by atoms with van der Waals surface area (Å²) in [5.74, 6) is -1.90. The molecule has 138 valence electrons. The largest absolute Gasteiger partial charge is 0.480 e. The normalized spacial score (nSPS) is 16.8. The van der Waals surface area contributed by atoms with Gasteiger partial charge in [-0.1, -0.05) is 55.9 Å². The minimum atomic E-state index is -1.06. The van der Waals surface area contributed by atoms with E-state index in [0.717, 1.165) is 18.2 Å². The minimum absolute atomic E-state index is 0.246. The van der Waals surface area contributed by atoms with Crippen LogP contribution in [0.4, 0.5) is 0 Å². The first-order chi connectivity index (χ1) is 12.4. The molecule has 1 unspecified atom stereocenters. The van der Waals surface area contributed by atoms with Crippen molar-refractivity contribution in [2.24, 2.45) is 0 Å². The average molecular weight is 393 g/mol. The number of amides is 1. The maximum atomic E-state index is 12.7. The van der Waals surface area contributed by atoms with E-state index in [1.54, 1.807) is 30.3 Å². The summed E-state index contributed by atoms with van der Waals surface area (Å²) in [5.41, 5.74) is 1.11. The van der Waals surface area contributed by atoms with Gasteiger partial charge in [-0.3, -0.25) is 9.69 Å². The number of aliphatic carboxylic acids is 1. The molecule has 2 rings (SSSR count). The quantitative estimate of drug-likeness (QED) is 0.432. The molecule has 8 heteroatoms. The lowest BCUT2D eigenvalue weighted by Gasteiger charge is -2.22. The zero-order valence-electron chi connectivity index (χ0n) is 14.4. The lowest BCUT2D eigenvalue weighted by Crippen LogP contribution is -2.43. The number of methoxy groups -OCH3 is 1. The third-order valence-corrected chi connectivity index (χ3v) is 5.21. The number of carbonyl (C=O) groups excluding carboxylic acids is 2. The molecule has 0 saturated carbocycles. The number of hydrogen-bond donors (Lipinski definition) is 1. The molecule has 1 fully saturated rings. The molecule has 1 amide bonds. The molecule has 1 aliphatic heterocycles. The van der Waals surface area contributed by atoms with Crippen molar-refractivity contribution in [1.82, 2.24) is 4.90 Å². The molecular formula is C18H19NO5S2. The van der Waals surface area contributed by atoms with Gasteiger partial charge >= 0.3 is 11.9 Å². The van der Waals surface area contributed by atoms with Crippen LogP contribution in [-0.2, 0) is 14.3 Å². The van der Waals surface area contributed by atoms with Crippen LogP contribution < -0.4 is 0 Å². The summed E-state index contributed by atoms with van der Waals surface area (Å²) in [4.78, 5) is 37.2. The SMILES string of the molecule is CCCCC(C(=O)O)N1C(=O)C(=Cc2ccc(C(=O)OC)cc2)SC1=S. The van der Waals surface area contributed by atoms with Crippen molar-refractivity contribution in [3.8, 4) is 0 Å². The van der Waals surface area contributed by atoms with Crippen molar-refractivity contribution in [2.45, 2.75) is 32.2 Å². The predicted octanol–water partition coefficient (Wildman–Crippen LogP) is 3.32. The van der Waals surface area contributed by atoms with E-state index in [2.05, 4.69) is 4.74 Å². The van der Waals surface area contributed by atoms with Crippen LogP contribution in [0.25, 0.3) is 6.08 Å². The van der Waals surface area contributed by atoms with Gasteiger partial charge in [-0.05, 0) is 30.2 Å². The van der Waals surface area contributed by atoms with Gasteiger partial charge in [0.25, 0.3) is 5.91 Å². The summed E-state index contributed by atoms with van der Waals surface area (Å²) in [6.07, 6.45) is 3.53. The van der Waals surface area contributed by atoms with Gasteiger partial charge in [-0.2, -0.15) is 0 Å². The molecule has 0 radical (unpaired) electrons. The highest BCUT2D eigenvalue weighted by atomic mass is 32.2. The molecule has 1 aliphatic rings. The van der Waals surface area contributed by atoms with E-state index in [1.807, 2.05) is 6.92 Å². The summed E-state index contributed by atoms with van der Waals surface area (Å²) in [5, 5.41) is 9.45. The van der Waals surface area contributed by atoms with Crippen molar-refractivity contribution < 1.29 is 24.2 Å². The maximum Gasteiger partial charge on any atom is 0.337 e. The van der Waals surface area contributed by atoms with Crippen molar-refractivity contribution in [3.05, 3.63) is 40.3 Å². The van der Waals surface area contributed by atoms with Crippen LogP contribution in [0, 0.1) is 0 Å². The summed E-state index contributed by atoms with van der Waals surface area (Å²) in [7, 11) is 1.30. The number of hydrogen-bond acceptors (Lipinski definition) is 6. The van der Waals surface area contributed by atoms with Gasteiger partial charge in [0.1, 0.15) is 10.4 Å². The second-order valence-electron chi connectivity index (χ2n) is 5.66. The number of thiocarbonyl (C=S) groups is 1. The Labute approximate surface area is 161 Å². The Balaban J connectivity index is 2.22. The zero-order valence-corrected chi connectivity index (χ0v) is 16.1. The van der Waals surface area contributed by atoms with Gasteiger partial charge in [0, 0.05) is 0 Å². The van der Waals surface area contributed by atoms with Crippen LogP contribution in [0.1, 0.15) is 42.1 Å². The molecule has 0 aliphatic carbocycles. The van der Waals surface area contributed by atoms with Gasteiger partial charge in [-0.25, -0.2) is 9.59 Å². The number of nitrogens with zero attached hydrogens (tertiary/aromatic N) is 1. The fraction of sp³-hybridized carbons (Fsp3) is 0.333. The molecule has 0 spiro atoms. The third kappa shape index (κ3) is 4.50. The number of esters is 1. The Bertz CT molecular complexity index is 757. The van der Waals surface area contributed by atoms with Crippen LogP contribution in [0.2, 0.25) is 0 Å². The van der Waals surface area contributed by atoms with Crippen molar-refractivity contribution in [1.29, 1.82) is 0 Å². The lowest BCUT2D eigenvalue weighted by atomic mass is 10.1. The molecule has 1 atom stereocenters. The fourth-order valence-electron chi connectivity index (χ4n) is 2.49. The summed E-state index contributed by atoms with van der Waals surface area (Å²) in [6, 6.07) is 5.62. The summed E-state index contributed by atoms with van der Waals surface area (Å²) in [6.45, 7) is 1.96. The van der Waals surface area contributed by atoms with Crippen LogP contribution in [-0.4, -0.2) is 45.3 Å². The van der Waals surface area contributed by atoms with Gasteiger partial charge in [-0.15, -0.1) is 0 Å². The highest BCUT2D eigenvalue weighted by Crippen LogP contribution is 2.35. The molecule has 0 bridgehead atoms. The summed E-state index contributed by atoms with van der Waals surface area (Å²) < 4.78 is 4.89. The van der Waals surface area contributed by atoms with E-state index in [0.29, 0.717) is 28.9 Å². The van der Waals surface area contributed by atoms with Crippen molar-refractivity contribution in [2.75, 3.05) is 7.11 Å². The molecule has 1 aromatic carbocycles. The van der Waals surface area contributed by atoms with E-state index < -0.39 is 23.9 Å². The first-order valence-corrected chi connectivity index (χ1v) is 9.29. The third-order valence-electron chi connectivity index (χ3n) is 3.88. The number of rotatable bonds is 7. The topological polar surface area (TPSA) is 83.9 Å². The standard InChI is InChI=1S/C18H19NO5S2/c1-3-4-5-13(16(21)22)19-15(20)14(26-18(19)25)10-11-6-8-12(9-7-11)17(23)24-2/h6-10,13H,3-5H2,1-2H3,(H,21,22). The lowest BCUT2D eigenvalue weighted by molar-refractivity contribution is -0.145. The molecule has 1 aromatic rings. The monoisotopic (exact) mass is 393 g/mol. The second kappa shape index (κ2) is 8.95. The Hall–Kier alpha value is -2.19. The molecule has 0 aromatic heterocycles. The number of carboxylic acid groups (broad SMARTS) is 1. The van der Waals surface area contributed by atoms with E-state index in [1.165, 1.54) is 12.0 Å². The minimum Gasteiger partial charge on any atom is -0.480 e. The number of benzene rings is 1. The Morgan fingerprint density at radius 3 is 2.54 bits per heavy atom. The number of carboxylic acids is 1. The molecule has 1 heterocycles. The first kappa shape index (κ1) is 20.1. The Morgan fingerprint density at radius 1 is 1.35 bits per heavy atom. The van der Waals surface area contributed by atoms with E-state index >= 15 is 0 Å². The highest BCUT2D eigenvalue weighted by molar-refractivity contribution is 8.26. The van der Waals surface area contributed by atoms with Crippen LogP contribution in [0.15, 0.2) is 29.2 Å². The van der Waals surface area contributed by atoms with Crippen molar-refractivity contribution in [3.63, 3.8) is 0 Å². The van der Waals surface area contributed by atoms with Crippen molar-refractivity contribution >= 4 is 52.2 Å². The zero-order chi connectivity index (χ0) is 19.3. The van der Waals surface area contributed by atoms with Gasteiger partial charge in [0.05, 0.1) is 17.6 Å². The summed E-state index contributed by atoms with van der Waals surface area (Å²) >= 11 is 6.31. The smallest absolute Gasteiger partial charge is 0.337 e. The highest BCUT2D eigenvalue weighted by Gasteiger charge is 2.40. The Kier molecular flexibility index (Phi) is 6.93. The molecule has 1 saturated heterocycles. The molecule has 1 N–H and O–H groups in total. The molecular weight excluding hydrogens is 374 g/mol. The van der Waals surface area contributed by atoms with Crippen LogP contribution in [0.5, 0.6) is 0 Å². The number of thioether (sulfide) groups is 1. The molecule has 26 heavy (non-hydrogen) atoms. The van der Waals surface area contributed by atoms with E-state index in [9.17, 15) is 19.5 Å². The number of unbranched alkanes of at least 4 members (excludes halogenated alkanes) is 1. The van der Waals surface area contributed by atoms with Gasteiger partial charge in [0.15, 0.2) is 0 Å². The number of carbonyl (C=O) groups is 3. The second-order valence-corrected chi connectivity index (χ2v) is 7.34. The van der Waals surface area contributed by atoms with E-state index in [-0.39, 0.29) is 4.32 Å². The first-order valence-electron chi connectivity index (χ1n) is 8.07. The van der Waals surface area contributed by atoms with Gasteiger partial charge < -0.3 is 9.84 Å². The van der Waals surface area contributed by atoms with E-state index in [4.69, 9.17) is 12.2 Å².